The fraction of sp³-hybridized carbons (Fsp3) is 0.500. The predicted molar refractivity (Wildman–Crippen MR) is 76.2 cm³/mol. The lowest BCUT2D eigenvalue weighted by Gasteiger charge is -2.37. The third-order valence-electron chi connectivity index (χ3n) is 3.53. The van der Waals surface area contributed by atoms with Crippen molar-refractivity contribution in [2.45, 2.75) is 44.2 Å². The molecule has 1 aliphatic rings. The van der Waals surface area contributed by atoms with E-state index < -0.39 is 5.54 Å². The van der Waals surface area contributed by atoms with Gasteiger partial charge in [0.05, 0.1) is 5.54 Å². The molecule has 98 valence electrons. The zero-order chi connectivity index (χ0) is 13.2. The third kappa shape index (κ3) is 3.12. The monoisotopic (exact) mass is 310 g/mol. The van der Waals surface area contributed by atoms with Crippen molar-refractivity contribution in [1.82, 2.24) is 5.32 Å². The van der Waals surface area contributed by atoms with E-state index in [1.54, 1.807) is 0 Å². The van der Waals surface area contributed by atoms with Crippen LogP contribution in [-0.2, 0) is 11.2 Å². The van der Waals surface area contributed by atoms with Crippen LogP contribution in [-0.4, -0.2) is 17.5 Å². The van der Waals surface area contributed by atoms with Gasteiger partial charge in [-0.1, -0.05) is 28.1 Å². The minimum absolute atomic E-state index is 0.00152. The van der Waals surface area contributed by atoms with E-state index in [1.807, 2.05) is 19.1 Å². The molecule has 0 heterocycles. The van der Waals surface area contributed by atoms with Crippen LogP contribution >= 0.6 is 15.9 Å². The summed E-state index contributed by atoms with van der Waals surface area (Å²) in [5.41, 5.74) is 6.60. The number of nitrogens with two attached hydrogens (primary N) is 1. The first-order valence-electron chi connectivity index (χ1n) is 6.34. The van der Waals surface area contributed by atoms with Gasteiger partial charge in [-0.25, -0.2) is 0 Å². The molecular weight excluding hydrogens is 292 g/mol. The van der Waals surface area contributed by atoms with Crippen LogP contribution in [0, 0.1) is 0 Å². The number of hydrogen-bond donors (Lipinski definition) is 2. The molecule has 1 aromatic carbocycles. The number of amides is 1. The van der Waals surface area contributed by atoms with Crippen molar-refractivity contribution >= 4 is 21.8 Å². The third-order valence-corrected chi connectivity index (χ3v) is 4.06. The van der Waals surface area contributed by atoms with Gasteiger partial charge in [-0.15, -0.1) is 0 Å². The van der Waals surface area contributed by atoms with Crippen molar-refractivity contribution in [2.24, 2.45) is 5.73 Å². The molecule has 4 heteroatoms. The summed E-state index contributed by atoms with van der Waals surface area (Å²) in [4.78, 5) is 12.0. The standard InChI is InChI=1S/C14H19BrN2O/c1-10(9-11-3-5-12(15)6-4-11)17-13(18)14(16)7-2-8-14/h3-6,10H,2,7-9,16H2,1H3,(H,17,18). The summed E-state index contributed by atoms with van der Waals surface area (Å²) < 4.78 is 1.07. The minimum Gasteiger partial charge on any atom is -0.352 e. The molecule has 18 heavy (non-hydrogen) atoms. The summed E-state index contributed by atoms with van der Waals surface area (Å²) in [5.74, 6) is -0.00152. The molecule has 0 spiro atoms. The second kappa shape index (κ2) is 5.41. The average molecular weight is 311 g/mol. The summed E-state index contributed by atoms with van der Waals surface area (Å²) in [6.07, 6.45) is 3.51. The van der Waals surface area contributed by atoms with Crippen LogP contribution in [0.15, 0.2) is 28.7 Å². The molecule has 0 saturated heterocycles. The SMILES string of the molecule is CC(Cc1ccc(Br)cc1)NC(=O)C1(N)CCC1. The minimum atomic E-state index is -0.603. The Labute approximate surface area is 116 Å². The number of rotatable bonds is 4. The maximum absolute atomic E-state index is 12.0. The fourth-order valence-corrected chi connectivity index (χ4v) is 2.44. The second-order valence-electron chi connectivity index (χ2n) is 5.21. The molecule has 0 bridgehead atoms. The van der Waals surface area contributed by atoms with Gasteiger partial charge >= 0.3 is 0 Å². The van der Waals surface area contributed by atoms with Gasteiger partial charge in [0.25, 0.3) is 0 Å². The largest absolute Gasteiger partial charge is 0.352 e. The van der Waals surface area contributed by atoms with Crippen molar-refractivity contribution in [3.63, 3.8) is 0 Å². The van der Waals surface area contributed by atoms with Gasteiger partial charge in [0.1, 0.15) is 0 Å². The van der Waals surface area contributed by atoms with Crippen LogP contribution in [0.5, 0.6) is 0 Å². The van der Waals surface area contributed by atoms with Gasteiger partial charge in [0.2, 0.25) is 5.91 Å². The Kier molecular flexibility index (Phi) is 4.07. The highest BCUT2D eigenvalue weighted by atomic mass is 79.9. The predicted octanol–water partition coefficient (Wildman–Crippen LogP) is 2.38. The maximum Gasteiger partial charge on any atom is 0.240 e. The van der Waals surface area contributed by atoms with Gasteiger partial charge in [-0.3, -0.25) is 4.79 Å². The molecule has 0 radical (unpaired) electrons. The molecular formula is C14H19BrN2O. The lowest BCUT2D eigenvalue weighted by Crippen LogP contribution is -2.60. The molecule has 1 saturated carbocycles. The summed E-state index contributed by atoms with van der Waals surface area (Å²) in [6, 6.07) is 8.27. The van der Waals surface area contributed by atoms with E-state index in [1.165, 1.54) is 5.56 Å². The Morgan fingerprint density at radius 1 is 1.44 bits per heavy atom. The molecule has 2 rings (SSSR count). The lowest BCUT2D eigenvalue weighted by atomic mass is 9.77. The first-order valence-corrected chi connectivity index (χ1v) is 7.13. The number of benzene rings is 1. The Morgan fingerprint density at radius 3 is 2.56 bits per heavy atom. The van der Waals surface area contributed by atoms with E-state index in [2.05, 4.69) is 33.4 Å². The Bertz CT molecular complexity index is 426. The lowest BCUT2D eigenvalue weighted by molar-refractivity contribution is -0.129. The first kappa shape index (κ1) is 13.6. The smallest absolute Gasteiger partial charge is 0.240 e. The van der Waals surface area contributed by atoms with Crippen LogP contribution in [0.4, 0.5) is 0 Å². The number of carbonyl (C=O) groups excluding carboxylic acids is 1. The van der Waals surface area contributed by atoms with Crippen molar-refractivity contribution < 1.29 is 4.79 Å². The van der Waals surface area contributed by atoms with E-state index in [4.69, 9.17) is 5.73 Å². The molecule has 3 N–H and O–H groups in total. The van der Waals surface area contributed by atoms with Gasteiger partial charge in [0, 0.05) is 10.5 Å². The Balaban J connectivity index is 1.86. The molecule has 0 aliphatic heterocycles. The van der Waals surface area contributed by atoms with Gasteiger partial charge in [-0.05, 0) is 50.3 Å². The number of carbonyl (C=O) groups is 1. The molecule has 1 aliphatic carbocycles. The number of hydrogen-bond acceptors (Lipinski definition) is 2. The van der Waals surface area contributed by atoms with E-state index in [9.17, 15) is 4.79 Å². The topological polar surface area (TPSA) is 55.1 Å². The maximum atomic E-state index is 12.0. The zero-order valence-electron chi connectivity index (χ0n) is 10.6. The van der Waals surface area contributed by atoms with E-state index in [-0.39, 0.29) is 11.9 Å². The molecule has 1 atom stereocenters. The average Bonchev–Trinajstić information content (AvgIpc) is 2.29. The van der Waals surface area contributed by atoms with Crippen LogP contribution in [0.3, 0.4) is 0 Å². The summed E-state index contributed by atoms with van der Waals surface area (Å²) in [5, 5.41) is 3.01. The molecule has 3 nitrogen and oxygen atoms in total. The van der Waals surface area contributed by atoms with E-state index in [0.29, 0.717) is 0 Å². The van der Waals surface area contributed by atoms with Gasteiger partial charge < -0.3 is 11.1 Å². The van der Waals surface area contributed by atoms with Crippen molar-refractivity contribution in [3.8, 4) is 0 Å². The molecule has 1 amide bonds. The van der Waals surface area contributed by atoms with Crippen molar-refractivity contribution in [2.75, 3.05) is 0 Å². The summed E-state index contributed by atoms with van der Waals surface area (Å²) >= 11 is 3.41. The van der Waals surface area contributed by atoms with Crippen LogP contribution in [0.2, 0.25) is 0 Å². The first-order chi connectivity index (χ1) is 8.49. The van der Waals surface area contributed by atoms with E-state index >= 15 is 0 Å². The van der Waals surface area contributed by atoms with Crippen molar-refractivity contribution in [1.29, 1.82) is 0 Å². The zero-order valence-corrected chi connectivity index (χ0v) is 12.2. The summed E-state index contributed by atoms with van der Waals surface area (Å²) in [6.45, 7) is 2.02. The Morgan fingerprint density at radius 2 is 2.06 bits per heavy atom. The molecule has 1 aromatic rings. The Hall–Kier alpha value is -0.870. The van der Waals surface area contributed by atoms with Crippen LogP contribution in [0.1, 0.15) is 31.7 Å². The van der Waals surface area contributed by atoms with Gasteiger partial charge in [-0.2, -0.15) is 0 Å². The molecule has 1 unspecified atom stereocenters. The highest BCUT2D eigenvalue weighted by Crippen LogP contribution is 2.29. The summed E-state index contributed by atoms with van der Waals surface area (Å²) in [7, 11) is 0. The van der Waals surface area contributed by atoms with Crippen LogP contribution < -0.4 is 11.1 Å². The van der Waals surface area contributed by atoms with Gasteiger partial charge in [0.15, 0.2) is 0 Å². The van der Waals surface area contributed by atoms with E-state index in [0.717, 1.165) is 30.2 Å². The molecule has 0 aromatic heterocycles. The van der Waals surface area contributed by atoms with Crippen LogP contribution in [0.25, 0.3) is 0 Å². The van der Waals surface area contributed by atoms with Crippen molar-refractivity contribution in [3.05, 3.63) is 34.3 Å². The highest BCUT2D eigenvalue weighted by Gasteiger charge is 2.40. The second-order valence-corrected chi connectivity index (χ2v) is 6.13. The normalized spacial score (nSPS) is 18.8. The molecule has 1 fully saturated rings. The fourth-order valence-electron chi connectivity index (χ4n) is 2.18. The highest BCUT2D eigenvalue weighted by molar-refractivity contribution is 9.10. The number of nitrogens with one attached hydrogen (secondary N) is 1. The number of halogens is 1. The quantitative estimate of drug-likeness (QED) is 0.897.